The molecule has 2 aromatic heterocycles. The summed E-state index contributed by atoms with van der Waals surface area (Å²) in [5.41, 5.74) is 0. The van der Waals surface area contributed by atoms with Gasteiger partial charge in [0.15, 0.2) is 11.6 Å². The van der Waals surface area contributed by atoms with Crippen molar-refractivity contribution in [3.05, 3.63) is 30.2 Å². The molecule has 1 aliphatic heterocycles. The van der Waals surface area contributed by atoms with Crippen molar-refractivity contribution in [1.29, 1.82) is 0 Å². The third-order valence-electron chi connectivity index (χ3n) is 3.53. The third kappa shape index (κ3) is 4.11. The van der Waals surface area contributed by atoms with E-state index in [4.69, 9.17) is 9.84 Å². The molecule has 1 radical (unpaired) electrons. The molecule has 1 fully saturated rings. The van der Waals surface area contributed by atoms with Crippen molar-refractivity contribution in [2.75, 3.05) is 36.5 Å². The lowest BCUT2D eigenvalue weighted by atomic mass is 10.2. The summed E-state index contributed by atoms with van der Waals surface area (Å²) in [6, 6.07) is 5.43. The Morgan fingerprint density at radius 3 is 3.04 bits per heavy atom. The summed E-state index contributed by atoms with van der Waals surface area (Å²) in [6.45, 7) is 4.04. The first kappa shape index (κ1) is 15.6. The van der Waals surface area contributed by atoms with E-state index in [9.17, 15) is 0 Å². The first-order chi connectivity index (χ1) is 11.2. The maximum Gasteiger partial charge on any atom is 0.154 e. The normalized spacial score (nSPS) is 18.0. The van der Waals surface area contributed by atoms with Crippen molar-refractivity contribution in [3.8, 4) is 0 Å². The topological polar surface area (TPSA) is 96.3 Å². The standard InChI is InChI=1S/C15H19N6O2/c1-11-16-6-4-13(17-11)18-14-2-3-15(20-19-14)21-7-9-23-12(10-21)5-8-22/h2-4,12,22H,5,7-10H2,1H3,(H,16,17,18,19). The lowest BCUT2D eigenvalue weighted by Gasteiger charge is -2.33. The number of aryl methyl sites for hydroxylation is 1. The number of hydrogen-bond donors (Lipinski definition) is 2. The molecule has 0 spiro atoms. The average molecular weight is 315 g/mol. The summed E-state index contributed by atoms with van der Waals surface area (Å²) in [7, 11) is 0. The molecule has 0 aliphatic carbocycles. The Kier molecular flexibility index (Phi) is 4.94. The number of hydrogen-bond acceptors (Lipinski definition) is 8. The summed E-state index contributed by atoms with van der Waals surface area (Å²) in [5, 5.41) is 20.5. The van der Waals surface area contributed by atoms with Crippen LogP contribution < -0.4 is 10.2 Å². The van der Waals surface area contributed by atoms with Crippen LogP contribution in [0.3, 0.4) is 0 Å². The number of nitrogens with one attached hydrogen (secondary N) is 1. The van der Waals surface area contributed by atoms with E-state index in [-0.39, 0.29) is 12.7 Å². The zero-order valence-electron chi connectivity index (χ0n) is 12.9. The molecular weight excluding hydrogens is 296 g/mol. The Morgan fingerprint density at radius 1 is 1.39 bits per heavy atom. The smallest absolute Gasteiger partial charge is 0.154 e. The van der Waals surface area contributed by atoms with Crippen LogP contribution in [-0.2, 0) is 4.74 Å². The summed E-state index contributed by atoms with van der Waals surface area (Å²) >= 11 is 0. The number of aliphatic hydroxyl groups excluding tert-OH is 1. The van der Waals surface area contributed by atoms with Crippen molar-refractivity contribution in [1.82, 2.24) is 20.2 Å². The molecule has 8 nitrogen and oxygen atoms in total. The number of aromatic nitrogens is 4. The molecule has 0 amide bonds. The number of morpholine rings is 1. The zero-order chi connectivity index (χ0) is 16.1. The Morgan fingerprint density at radius 2 is 2.30 bits per heavy atom. The summed E-state index contributed by atoms with van der Waals surface area (Å²) in [5.74, 6) is 2.68. The van der Waals surface area contributed by atoms with Gasteiger partial charge in [0.1, 0.15) is 11.6 Å². The number of anilines is 3. The second kappa shape index (κ2) is 7.30. The number of rotatable bonds is 5. The fourth-order valence-electron chi connectivity index (χ4n) is 2.42. The van der Waals surface area contributed by atoms with Gasteiger partial charge >= 0.3 is 0 Å². The third-order valence-corrected chi connectivity index (χ3v) is 3.53. The van der Waals surface area contributed by atoms with E-state index in [0.717, 1.165) is 12.4 Å². The van der Waals surface area contributed by atoms with Gasteiger partial charge in [0.05, 0.1) is 18.9 Å². The maximum atomic E-state index is 9.02. The van der Waals surface area contributed by atoms with E-state index < -0.39 is 0 Å². The Labute approximate surface area is 134 Å². The molecule has 121 valence electrons. The van der Waals surface area contributed by atoms with E-state index in [1.807, 2.05) is 12.1 Å². The van der Waals surface area contributed by atoms with Crippen LogP contribution in [0.1, 0.15) is 12.2 Å². The first-order valence-corrected chi connectivity index (χ1v) is 7.54. The molecule has 2 N–H and O–H groups in total. The lowest BCUT2D eigenvalue weighted by molar-refractivity contribution is 0.0244. The maximum absolute atomic E-state index is 9.02. The van der Waals surface area contributed by atoms with Crippen LogP contribution in [0, 0.1) is 13.1 Å². The minimum atomic E-state index is 0.0351. The lowest BCUT2D eigenvalue weighted by Crippen LogP contribution is -2.43. The first-order valence-electron chi connectivity index (χ1n) is 7.54. The van der Waals surface area contributed by atoms with Gasteiger partial charge in [-0.3, -0.25) is 0 Å². The molecule has 2 aromatic rings. The van der Waals surface area contributed by atoms with Gasteiger partial charge in [-0.1, -0.05) is 0 Å². The molecule has 0 saturated carbocycles. The zero-order valence-corrected chi connectivity index (χ0v) is 12.9. The largest absolute Gasteiger partial charge is 0.396 e. The molecule has 1 atom stereocenters. The fraction of sp³-hybridized carbons (Fsp3) is 0.467. The predicted octanol–water partition coefficient (Wildman–Crippen LogP) is 0.706. The number of aliphatic hydroxyl groups is 1. The van der Waals surface area contributed by atoms with Crippen molar-refractivity contribution < 1.29 is 9.84 Å². The van der Waals surface area contributed by atoms with Crippen LogP contribution in [0.4, 0.5) is 17.5 Å². The van der Waals surface area contributed by atoms with E-state index in [1.54, 1.807) is 13.0 Å². The van der Waals surface area contributed by atoms with Gasteiger partial charge < -0.3 is 20.1 Å². The highest BCUT2D eigenvalue weighted by Gasteiger charge is 2.21. The number of ether oxygens (including phenoxy) is 1. The monoisotopic (exact) mass is 315 g/mol. The minimum Gasteiger partial charge on any atom is -0.396 e. The highest BCUT2D eigenvalue weighted by atomic mass is 16.5. The molecule has 23 heavy (non-hydrogen) atoms. The van der Waals surface area contributed by atoms with Crippen molar-refractivity contribution in [3.63, 3.8) is 0 Å². The Bertz CT molecular complexity index is 634. The van der Waals surface area contributed by atoms with Crippen LogP contribution in [0.25, 0.3) is 0 Å². The van der Waals surface area contributed by atoms with Gasteiger partial charge in [0.25, 0.3) is 0 Å². The van der Waals surface area contributed by atoms with E-state index in [1.165, 1.54) is 0 Å². The van der Waals surface area contributed by atoms with Crippen molar-refractivity contribution in [2.24, 2.45) is 0 Å². The second-order valence-electron chi connectivity index (χ2n) is 5.28. The van der Waals surface area contributed by atoms with Gasteiger partial charge in [0, 0.05) is 25.8 Å². The average Bonchev–Trinajstić information content (AvgIpc) is 2.56. The molecule has 0 bridgehead atoms. The van der Waals surface area contributed by atoms with Gasteiger partial charge in [-0.05, 0) is 25.5 Å². The molecule has 1 aliphatic rings. The highest BCUT2D eigenvalue weighted by Crippen LogP contribution is 2.18. The van der Waals surface area contributed by atoms with Crippen LogP contribution >= 0.6 is 0 Å². The Hall–Kier alpha value is -2.32. The van der Waals surface area contributed by atoms with Crippen molar-refractivity contribution in [2.45, 2.75) is 19.4 Å². The summed E-state index contributed by atoms with van der Waals surface area (Å²) < 4.78 is 5.60. The SMILES string of the molecule is Cc1n[c]cc(Nc2ccc(N3CCOC(CCO)C3)nn2)n1. The minimum absolute atomic E-state index is 0.0351. The van der Waals surface area contributed by atoms with E-state index in [2.05, 4.69) is 36.6 Å². The molecule has 3 rings (SSSR count). The molecule has 0 aromatic carbocycles. The Balaban J connectivity index is 1.64. The van der Waals surface area contributed by atoms with Gasteiger partial charge in [0.2, 0.25) is 0 Å². The van der Waals surface area contributed by atoms with Crippen LogP contribution in [-0.4, -0.2) is 57.7 Å². The fourth-order valence-corrected chi connectivity index (χ4v) is 2.42. The van der Waals surface area contributed by atoms with Gasteiger partial charge in [-0.2, -0.15) is 0 Å². The molecule has 1 saturated heterocycles. The van der Waals surface area contributed by atoms with Crippen LogP contribution in [0.2, 0.25) is 0 Å². The van der Waals surface area contributed by atoms with E-state index >= 15 is 0 Å². The van der Waals surface area contributed by atoms with E-state index in [0.29, 0.717) is 37.0 Å². The van der Waals surface area contributed by atoms with Gasteiger partial charge in [-0.15, -0.1) is 10.2 Å². The highest BCUT2D eigenvalue weighted by molar-refractivity contribution is 5.52. The molecule has 8 heteroatoms. The second-order valence-corrected chi connectivity index (χ2v) is 5.28. The van der Waals surface area contributed by atoms with Crippen molar-refractivity contribution >= 4 is 17.5 Å². The quantitative estimate of drug-likeness (QED) is 0.832. The van der Waals surface area contributed by atoms with Gasteiger partial charge in [-0.25, -0.2) is 9.97 Å². The predicted molar refractivity (Wildman–Crippen MR) is 84.6 cm³/mol. The van der Waals surface area contributed by atoms with Crippen LogP contribution in [0.15, 0.2) is 18.2 Å². The summed E-state index contributed by atoms with van der Waals surface area (Å²) in [6.07, 6.45) is 3.43. The summed E-state index contributed by atoms with van der Waals surface area (Å²) in [4.78, 5) is 10.3. The van der Waals surface area contributed by atoms with Crippen LogP contribution in [0.5, 0.6) is 0 Å². The molecule has 3 heterocycles. The molecular formula is C15H19N6O2. The number of nitrogens with zero attached hydrogens (tertiary/aromatic N) is 5. The molecule has 1 unspecified atom stereocenters.